The second-order valence-corrected chi connectivity index (χ2v) is 15.7. The first-order valence-electron chi connectivity index (χ1n) is 20.2. The van der Waals surface area contributed by atoms with Gasteiger partial charge in [-0.25, -0.2) is 0 Å². The zero-order chi connectivity index (χ0) is 44.1. The summed E-state index contributed by atoms with van der Waals surface area (Å²) >= 11 is 0. The van der Waals surface area contributed by atoms with Crippen molar-refractivity contribution in [3.05, 3.63) is 71.9 Å². The van der Waals surface area contributed by atoms with Crippen LogP contribution in [0.25, 0.3) is 10.9 Å². The van der Waals surface area contributed by atoms with Crippen LogP contribution in [0.15, 0.2) is 60.8 Å². The van der Waals surface area contributed by atoms with Crippen molar-refractivity contribution in [2.24, 2.45) is 23.1 Å². The van der Waals surface area contributed by atoms with Crippen molar-refractivity contribution in [1.82, 2.24) is 36.5 Å². The van der Waals surface area contributed by atoms with Gasteiger partial charge in [0.2, 0.25) is 47.3 Å². The molecule has 1 aliphatic rings. The van der Waals surface area contributed by atoms with Gasteiger partial charge in [-0.15, -0.1) is 0 Å². The minimum atomic E-state index is -1.27. The molecule has 12 N–H and O–H groups in total. The van der Waals surface area contributed by atoms with Crippen LogP contribution in [0, 0.1) is 5.92 Å². The van der Waals surface area contributed by atoms with Crippen molar-refractivity contribution in [3.8, 4) is 0 Å². The van der Waals surface area contributed by atoms with E-state index in [0.717, 1.165) is 16.5 Å². The van der Waals surface area contributed by atoms with Crippen LogP contribution < -0.4 is 43.8 Å². The molecule has 1 aromatic heterocycles. The van der Waals surface area contributed by atoms with E-state index in [4.69, 9.17) is 17.2 Å². The lowest BCUT2D eigenvalue weighted by Crippen LogP contribution is -2.59. The molecular weight excluding hydrogens is 773 g/mol. The number of nitrogens with one attached hydrogen (secondary N) is 6. The van der Waals surface area contributed by atoms with Gasteiger partial charge < -0.3 is 53.7 Å². The second kappa shape index (κ2) is 21.6. The van der Waals surface area contributed by atoms with Gasteiger partial charge in [0.25, 0.3) is 0 Å². The summed E-state index contributed by atoms with van der Waals surface area (Å²) in [6, 6.07) is 8.75. The van der Waals surface area contributed by atoms with Gasteiger partial charge in [-0.1, -0.05) is 62.4 Å². The summed E-state index contributed by atoms with van der Waals surface area (Å²) in [6.45, 7) is 6.77. The van der Waals surface area contributed by atoms with Gasteiger partial charge in [-0.3, -0.25) is 38.4 Å². The molecular formula is C42H58N10O8. The van der Waals surface area contributed by atoms with Crippen LogP contribution in [-0.2, 0) is 51.2 Å². The molecule has 0 bridgehead atoms. The number of nitrogens with two attached hydrogens (primary N) is 3. The molecule has 1 aliphatic heterocycles. The van der Waals surface area contributed by atoms with Crippen LogP contribution >= 0.6 is 0 Å². The standard InChI is InChI=1S/C42H58N10O8/c1-23(2)19-32(40(58)47-24(3)36(45)54)50-41(59)34-15-10-18-52(34)42(60)33(21-27-22-46-30-14-9-8-13-28(27)30)51-37(55)25(4)48-39(57)31(16-17-35(44)53)49-38(56)29(43)20-26-11-6-5-7-12-26/h5-9,11-14,22-25,29,31-34,46H,10,15-21,43H2,1-4H3,(H2,44,53)(H2,45,54)(H,47,58)(H,48,57)(H,49,56)(H,50,59)(H,51,55)/t24-,25-,29-,31-,32-,33-,34-/m0/s1. The van der Waals surface area contributed by atoms with Crippen molar-refractivity contribution < 1.29 is 38.4 Å². The average Bonchev–Trinajstić information content (AvgIpc) is 3.86. The maximum Gasteiger partial charge on any atom is 0.246 e. The highest BCUT2D eigenvalue weighted by molar-refractivity contribution is 5.98. The van der Waals surface area contributed by atoms with Gasteiger partial charge >= 0.3 is 0 Å². The maximum atomic E-state index is 14.5. The van der Waals surface area contributed by atoms with Crippen molar-refractivity contribution in [3.63, 3.8) is 0 Å². The number of rotatable bonds is 21. The van der Waals surface area contributed by atoms with Crippen LogP contribution in [0.5, 0.6) is 0 Å². The third-order valence-corrected chi connectivity index (χ3v) is 10.4. The van der Waals surface area contributed by atoms with Crippen LogP contribution in [-0.4, -0.2) is 106 Å². The minimum absolute atomic E-state index is 0.0140. The van der Waals surface area contributed by atoms with Gasteiger partial charge in [0.15, 0.2) is 0 Å². The van der Waals surface area contributed by atoms with Crippen molar-refractivity contribution in [2.45, 2.75) is 115 Å². The molecule has 18 heteroatoms. The number of likely N-dealkylation sites (tertiary alicyclic amines) is 1. The number of H-pyrrole nitrogens is 1. The van der Waals surface area contributed by atoms with E-state index in [2.05, 4.69) is 31.6 Å². The first kappa shape index (κ1) is 46.4. The number of nitrogens with zero attached hydrogens (tertiary/aromatic N) is 1. The van der Waals surface area contributed by atoms with E-state index in [-0.39, 0.29) is 44.6 Å². The number of carbonyl (C=O) groups excluding carboxylic acids is 8. The highest BCUT2D eigenvalue weighted by Crippen LogP contribution is 2.23. The summed E-state index contributed by atoms with van der Waals surface area (Å²) in [7, 11) is 0. The Morgan fingerprint density at radius 2 is 1.37 bits per heavy atom. The first-order chi connectivity index (χ1) is 28.4. The van der Waals surface area contributed by atoms with E-state index in [1.54, 1.807) is 30.5 Å². The number of carbonyl (C=O) groups is 8. The average molecular weight is 831 g/mol. The van der Waals surface area contributed by atoms with E-state index in [0.29, 0.717) is 18.4 Å². The first-order valence-corrected chi connectivity index (χ1v) is 20.2. The zero-order valence-electron chi connectivity index (χ0n) is 34.5. The topological polar surface area (TPSA) is 294 Å². The summed E-state index contributed by atoms with van der Waals surface area (Å²) in [5.41, 5.74) is 19.1. The number of amides is 8. The largest absolute Gasteiger partial charge is 0.370 e. The fourth-order valence-corrected chi connectivity index (χ4v) is 7.05. The molecule has 2 heterocycles. The maximum absolute atomic E-state index is 14.5. The molecule has 4 rings (SSSR count). The Morgan fingerprint density at radius 1 is 0.733 bits per heavy atom. The summed E-state index contributed by atoms with van der Waals surface area (Å²) in [6.07, 6.45) is 2.53. The number of primary amides is 2. The molecule has 18 nitrogen and oxygen atoms in total. The highest BCUT2D eigenvalue weighted by atomic mass is 16.2. The fourth-order valence-electron chi connectivity index (χ4n) is 7.05. The van der Waals surface area contributed by atoms with Crippen LogP contribution in [0.3, 0.4) is 0 Å². The SMILES string of the molecule is CC(C)C[C@H](NC(=O)[C@@H]1CCCN1C(=O)[C@H](Cc1c[nH]c2ccccc12)NC(=O)[C@H](C)NC(=O)[C@H](CCC(N)=O)NC(=O)[C@@H](N)Cc1ccccc1)C(=O)N[C@@H](C)C(N)=O. The Kier molecular flexibility index (Phi) is 16.7. The Balaban J connectivity index is 1.52. The van der Waals surface area contributed by atoms with Crippen molar-refractivity contribution >= 4 is 58.2 Å². The number of fused-ring (bicyclic) bond motifs is 1. The van der Waals surface area contributed by atoms with Crippen LogP contribution in [0.1, 0.15) is 70.9 Å². The summed E-state index contributed by atoms with van der Waals surface area (Å²) in [4.78, 5) is 110. The number of benzene rings is 2. The lowest BCUT2D eigenvalue weighted by Gasteiger charge is -2.31. The third kappa shape index (κ3) is 13.1. The summed E-state index contributed by atoms with van der Waals surface area (Å²) in [5.74, 6) is -5.34. The van der Waals surface area contributed by atoms with Crippen LogP contribution in [0.4, 0.5) is 0 Å². The third-order valence-electron chi connectivity index (χ3n) is 10.4. The lowest BCUT2D eigenvalue weighted by molar-refractivity contribution is -0.142. The summed E-state index contributed by atoms with van der Waals surface area (Å²) < 4.78 is 0. The monoisotopic (exact) mass is 830 g/mol. The van der Waals surface area contributed by atoms with Gasteiger partial charge in [-0.2, -0.15) is 0 Å². The Morgan fingerprint density at radius 3 is 2.03 bits per heavy atom. The van der Waals surface area contributed by atoms with Gasteiger partial charge in [0, 0.05) is 36.5 Å². The molecule has 0 saturated carbocycles. The zero-order valence-corrected chi connectivity index (χ0v) is 34.5. The number of hydrogen-bond acceptors (Lipinski definition) is 9. The molecule has 7 atom stereocenters. The molecule has 2 aromatic carbocycles. The Labute approximate surface area is 348 Å². The normalized spacial score (nSPS) is 16.8. The Bertz CT molecular complexity index is 2020. The molecule has 0 radical (unpaired) electrons. The predicted molar refractivity (Wildman–Crippen MR) is 223 cm³/mol. The molecule has 1 saturated heterocycles. The molecule has 60 heavy (non-hydrogen) atoms. The minimum Gasteiger partial charge on any atom is -0.370 e. The molecule has 324 valence electrons. The molecule has 0 spiro atoms. The van der Waals surface area contributed by atoms with Gasteiger partial charge in [-0.05, 0) is 69.1 Å². The van der Waals surface area contributed by atoms with Gasteiger partial charge in [0.05, 0.1) is 6.04 Å². The summed E-state index contributed by atoms with van der Waals surface area (Å²) in [5, 5.41) is 14.0. The van der Waals surface area contributed by atoms with Crippen molar-refractivity contribution in [1.29, 1.82) is 0 Å². The molecule has 3 aromatic rings. The molecule has 1 fully saturated rings. The number of para-hydroxylation sites is 1. The van der Waals surface area contributed by atoms with Crippen molar-refractivity contribution in [2.75, 3.05) is 6.54 Å². The Hall–Kier alpha value is -6.30. The van der Waals surface area contributed by atoms with E-state index >= 15 is 0 Å². The highest BCUT2D eigenvalue weighted by Gasteiger charge is 2.40. The van der Waals surface area contributed by atoms with Crippen LogP contribution in [0.2, 0.25) is 0 Å². The molecule has 0 unspecified atom stereocenters. The van der Waals surface area contributed by atoms with E-state index in [1.165, 1.54) is 18.7 Å². The lowest BCUT2D eigenvalue weighted by atomic mass is 10.0. The van der Waals surface area contributed by atoms with Gasteiger partial charge in [0.1, 0.15) is 36.3 Å². The van der Waals surface area contributed by atoms with E-state index in [9.17, 15) is 38.4 Å². The predicted octanol–water partition coefficient (Wildman–Crippen LogP) is -0.468. The molecule has 0 aliphatic carbocycles. The van der Waals surface area contributed by atoms with E-state index < -0.39 is 89.6 Å². The smallest absolute Gasteiger partial charge is 0.246 e. The number of aromatic amines is 1. The fraction of sp³-hybridized carbons (Fsp3) is 0.476. The number of aromatic nitrogens is 1. The molecule has 8 amide bonds. The quantitative estimate of drug-likeness (QED) is 0.0670. The van der Waals surface area contributed by atoms with E-state index in [1.807, 2.05) is 44.2 Å². The number of hydrogen-bond donors (Lipinski definition) is 9. The second-order valence-electron chi connectivity index (χ2n) is 15.7.